The highest BCUT2D eigenvalue weighted by Gasteiger charge is 2.14. The minimum absolute atomic E-state index is 0.0450. The van der Waals surface area contributed by atoms with E-state index in [0.29, 0.717) is 17.5 Å². The van der Waals surface area contributed by atoms with E-state index in [9.17, 15) is 0 Å². The second-order valence-corrected chi connectivity index (χ2v) is 6.58. The molecule has 0 saturated heterocycles. The highest BCUT2D eigenvalue weighted by atomic mass is 32.2. The fraction of sp³-hybridized carbons (Fsp3) is 0.250. The lowest BCUT2D eigenvalue weighted by atomic mass is 10.3. The van der Waals surface area contributed by atoms with Gasteiger partial charge in [-0.3, -0.25) is 0 Å². The van der Waals surface area contributed by atoms with E-state index in [1.165, 1.54) is 0 Å². The van der Waals surface area contributed by atoms with Crippen molar-refractivity contribution in [3.05, 3.63) is 53.7 Å². The van der Waals surface area contributed by atoms with E-state index >= 15 is 0 Å². The molecular formula is C16H18N6OS. The molecule has 124 valence electrons. The number of rotatable bonds is 6. The number of aromatic nitrogens is 4. The van der Waals surface area contributed by atoms with Crippen molar-refractivity contribution in [3.8, 4) is 0 Å². The van der Waals surface area contributed by atoms with Crippen molar-refractivity contribution in [1.29, 1.82) is 0 Å². The van der Waals surface area contributed by atoms with Gasteiger partial charge in [0.2, 0.25) is 11.9 Å². The number of anilines is 3. The maximum atomic E-state index is 5.82. The summed E-state index contributed by atoms with van der Waals surface area (Å²) in [6, 6.07) is 11.6. The average Bonchev–Trinajstić information content (AvgIpc) is 2.98. The van der Waals surface area contributed by atoms with Crippen LogP contribution in [0.15, 0.2) is 40.9 Å². The summed E-state index contributed by atoms with van der Waals surface area (Å²) >= 11 is 1.66. The van der Waals surface area contributed by atoms with Crippen LogP contribution in [0.4, 0.5) is 17.6 Å². The monoisotopic (exact) mass is 342 g/mol. The van der Waals surface area contributed by atoms with E-state index in [-0.39, 0.29) is 11.2 Å². The highest BCUT2D eigenvalue weighted by Crippen LogP contribution is 2.29. The minimum atomic E-state index is 0.0450. The van der Waals surface area contributed by atoms with Gasteiger partial charge >= 0.3 is 0 Å². The van der Waals surface area contributed by atoms with E-state index in [2.05, 4.69) is 25.4 Å². The molecule has 2 aromatic heterocycles. The summed E-state index contributed by atoms with van der Waals surface area (Å²) in [4.78, 5) is 12.9. The van der Waals surface area contributed by atoms with Gasteiger partial charge in [0.25, 0.3) is 0 Å². The van der Waals surface area contributed by atoms with Crippen molar-refractivity contribution in [1.82, 2.24) is 20.1 Å². The zero-order chi connectivity index (χ0) is 16.9. The molecule has 3 N–H and O–H groups in total. The second kappa shape index (κ2) is 7.31. The first kappa shape index (κ1) is 16.3. The summed E-state index contributed by atoms with van der Waals surface area (Å²) in [5, 5.41) is 7.17. The number of hydrogen-bond donors (Lipinski definition) is 2. The van der Waals surface area contributed by atoms with E-state index in [0.717, 1.165) is 17.1 Å². The van der Waals surface area contributed by atoms with Crippen LogP contribution in [0.3, 0.4) is 0 Å². The molecule has 0 unspecified atom stereocenters. The number of nitrogens with one attached hydrogen (secondary N) is 1. The number of aryl methyl sites for hydroxylation is 1. The van der Waals surface area contributed by atoms with E-state index in [4.69, 9.17) is 10.3 Å². The Kier molecular flexibility index (Phi) is 4.95. The highest BCUT2D eigenvalue weighted by molar-refractivity contribution is 7.98. The first-order valence-corrected chi connectivity index (χ1v) is 8.52. The summed E-state index contributed by atoms with van der Waals surface area (Å²) < 4.78 is 5.07. The molecular weight excluding hydrogens is 324 g/mol. The van der Waals surface area contributed by atoms with Gasteiger partial charge in [-0.05, 0) is 26.0 Å². The normalized spacial score (nSPS) is 12.1. The largest absolute Gasteiger partial charge is 0.368 e. The number of hydrogen-bond acceptors (Lipinski definition) is 8. The van der Waals surface area contributed by atoms with E-state index in [1.807, 2.05) is 50.2 Å². The molecule has 0 bridgehead atoms. The molecule has 0 aliphatic rings. The Morgan fingerprint density at radius 1 is 1.21 bits per heavy atom. The van der Waals surface area contributed by atoms with E-state index < -0.39 is 0 Å². The molecule has 7 nitrogen and oxygen atoms in total. The Morgan fingerprint density at radius 2 is 2.00 bits per heavy atom. The summed E-state index contributed by atoms with van der Waals surface area (Å²) in [7, 11) is 0. The van der Waals surface area contributed by atoms with Gasteiger partial charge < -0.3 is 15.6 Å². The molecule has 3 aromatic rings. The Morgan fingerprint density at radius 3 is 2.71 bits per heavy atom. The fourth-order valence-electron chi connectivity index (χ4n) is 2.07. The quantitative estimate of drug-likeness (QED) is 0.702. The predicted molar refractivity (Wildman–Crippen MR) is 94.9 cm³/mol. The molecule has 0 aliphatic heterocycles. The van der Waals surface area contributed by atoms with Crippen molar-refractivity contribution in [3.63, 3.8) is 0 Å². The zero-order valence-corrected chi connectivity index (χ0v) is 14.2. The Hall–Kier alpha value is -2.61. The van der Waals surface area contributed by atoms with Gasteiger partial charge in [-0.15, -0.1) is 11.8 Å². The summed E-state index contributed by atoms with van der Waals surface area (Å²) in [5.41, 5.74) is 7.62. The molecule has 0 spiro atoms. The third-order valence-electron chi connectivity index (χ3n) is 3.22. The van der Waals surface area contributed by atoms with Crippen molar-refractivity contribution in [2.45, 2.75) is 24.9 Å². The van der Waals surface area contributed by atoms with Crippen molar-refractivity contribution in [2.75, 3.05) is 11.1 Å². The van der Waals surface area contributed by atoms with Crippen LogP contribution in [-0.4, -0.2) is 20.1 Å². The number of benzene rings is 1. The number of para-hydroxylation sites is 1. The molecule has 1 aromatic carbocycles. The standard InChI is InChI=1S/C16H18N6OS/c1-10-8-13(22-23-10)9-24-11(2)14-19-15(17)21-16(20-14)18-12-6-4-3-5-7-12/h3-8,11H,9H2,1-2H3,(H3,17,18,19,20,21)/t11-/m0/s1. The van der Waals surface area contributed by atoms with E-state index in [1.54, 1.807) is 11.8 Å². The Labute approximate surface area is 144 Å². The number of nitrogens with zero attached hydrogens (tertiary/aromatic N) is 4. The maximum Gasteiger partial charge on any atom is 0.232 e. The number of nitrogen functional groups attached to an aromatic ring is 1. The Bertz CT molecular complexity index is 807. The third-order valence-corrected chi connectivity index (χ3v) is 4.39. The van der Waals surface area contributed by atoms with Gasteiger partial charge in [-0.1, -0.05) is 23.4 Å². The lowest BCUT2D eigenvalue weighted by Gasteiger charge is -2.11. The topological polar surface area (TPSA) is 103 Å². The van der Waals surface area contributed by atoms with Gasteiger partial charge in [-0.25, -0.2) is 0 Å². The Balaban J connectivity index is 1.70. The molecule has 0 aliphatic carbocycles. The zero-order valence-electron chi connectivity index (χ0n) is 13.4. The molecule has 0 fully saturated rings. The number of nitrogens with two attached hydrogens (primary N) is 1. The number of thioether (sulfide) groups is 1. The van der Waals surface area contributed by atoms with Gasteiger partial charge in [-0.2, -0.15) is 15.0 Å². The van der Waals surface area contributed by atoms with Gasteiger partial charge in [0, 0.05) is 17.5 Å². The third kappa shape index (κ3) is 4.23. The lowest BCUT2D eigenvalue weighted by Crippen LogP contribution is -2.08. The molecule has 1 atom stereocenters. The van der Waals surface area contributed by atoms with Crippen LogP contribution in [0.5, 0.6) is 0 Å². The van der Waals surface area contributed by atoms with Crippen LogP contribution < -0.4 is 11.1 Å². The minimum Gasteiger partial charge on any atom is -0.368 e. The molecule has 0 saturated carbocycles. The van der Waals surface area contributed by atoms with Crippen LogP contribution in [-0.2, 0) is 5.75 Å². The lowest BCUT2D eigenvalue weighted by molar-refractivity contribution is 0.393. The second-order valence-electron chi connectivity index (χ2n) is 5.25. The van der Waals surface area contributed by atoms with Crippen LogP contribution in [0, 0.1) is 6.92 Å². The van der Waals surface area contributed by atoms with Crippen LogP contribution >= 0.6 is 11.8 Å². The summed E-state index contributed by atoms with van der Waals surface area (Å²) in [5.74, 6) is 2.78. The summed E-state index contributed by atoms with van der Waals surface area (Å²) in [6.45, 7) is 3.90. The van der Waals surface area contributed by atoms with Gasteiger partial charge in [0.05, 0.1) is 10.9 Å². The van der Waals surface area contributed by atoms with Crippen LogP contribution in [0.25, 0.3) is 0 Å². The van der Waals surface area contributed by atoms with Crippen molar-refractivity contribution >= 4 is 29.3 Å². The van der Waals surface area contributed by atoms with Crippen molar-refractivity contribution < 1.29 is 4.52 Å². The van der Waals surface area contributed by atoms with Crippen molar-refractivity contribution in [2.24, 2.45) is 0 Å². The molecule has 0 radical (unpaired) electrons. The first-order chi connectivity index (χ1) is 11.6. The molecule has 24 heavy (non-hydrogen) atoms. The predicted octanol–water partition coefficient (Wildman–Crippen LogP) is 3.49. The SMILES string of the molecule is Cc1cc(CS[C@@H](C)c2nc(N)nc(Nc3ccccc3)n2)no1. The summed E-state index contributed by atoms with van der Waals surface area (Å²) in [6.07, 6.45) is 0. The molecule has 8 heteroatoms. The smallest absolute Gasteiger partial charge is 0.232 e. The van der Waals surface area contributed by atoms with Crippen LogP contribution in [0.2, 0.25) is 0 Å². The van der Waals surface area contributed by atoms with Gasteiger partial charge in [0.15, 0.2) is 0 Å². The first-order valence-electron chi connectivity index (χ1n) is 7.47. The van der Waals surface area contributed by atoms with Gasteiger partial charge in [0.1, 0.15) is 11.6 Å². The fourth-order valence-corrected chi connectivity index (χ4v) is 2.88. The maximum absolute atomic E-state index is 5.82. The average molecular weight is 342 g/mol. The molecule has 3 rings (SSSR count). The molecule has 0 amide bonds. The molecule has 2 heterocycles. The van der Waals surface area contributed by atoms with Crippen LogP contribution in [0.1, 0.15) is 29.5 Å².